The van der Waals surface area contributed by atoms with Gasteiger partial charge in [-0.25, -0.2) is 4.39 Å². The summed E-state index contributed by atoms with van der Waals surface area (Å²) in [7, 11) is -0.612. The number of benzene rings is 1. The fourth-order valence-electron chi connectivity index (χ4n) is 2.76. The van der Waals surface area contributed by atoms with Crippen LogP contribution < -0.4 is 5.46 Å². The molecule has 0 radical (unpaired) electrons. The molecule has 1 saturated heterocycles. The Bertz CT molecular complexity index is 625. The van der Waals surface area contributed by atoms with Crippen molar-refractivity contribution in [3.05, 3.63) is 29.1 Å². The van der Waals surface area contributed by atoms with Crippen LogP contribution in [0.25, 0.3) is 0 Å². The number of carbonyl (C=O) groups excluding carboxylic acids is 1. The molecule has 0 atom stereocenters. The second kappa shape index (κ2) is 6.49. The standard InChI is InChI=1S/C18H27BFNO3/c1-8-21(9-2)16(22)13-11-14(12(3)10-15(13)20)19-23-17(4,5)18(6,7)24-19/h10-11H,8-9H2,1-7H3. The molecule has 2 rings (SSSR count). The number of hydrogen-bond donors (Lipinski definition) is 0. The Balaban J connectivity index is 2.43. The van der Waals surface area contributed by atoms with E-state index in [1.807, 2.05) is 41.5 Å². The maximum absolute atomic E-state index is 14.4. The molecule has 0 N–H and O–H groups in total. The highest BCUT2D eigenvalue weighted by Crippen LogP contribution is 2.36. The summed E-state index contributed by atoms with van der Waals surface area (Å²) in [5, 5.41) is 0. The molecule has 1 amide bonds. The summed E-state index contributed by atoms with van der Waals surface area (Å²) in [5.74, 6) is -0.820. The topological polar surface area (TPSA) is 38.8 Å². The number of aryl methyl sites for hydroxylation is 1. The molecule has 0 aromatic heterocycles. The van der Waals surface area contributed by atoms with Crippen molar-refractivity contribution in [2.45, 2.75) is 59.7 Å². The van der Waals surface area contributed by atoms with E-state index in [0.717, 1.165) is 0 Å². The van der Waals surface area contributed by atoms with Crippen molar-refractivity contribution in [3.63, 3.8) is 0 Å². The summed E-state index contributed by atoms with van der Waals surface area (Å²) >= 11 is 0. The Labute approximate surface area is 144 Å². The largest absolute Gasteiger partial charge is 0.495 e. The van der Waals surface area contributed by atoms with Crippen LogP contribution in [0.3, 0.4) is 0 Å². The summed E-state index contributed by atoms with van der Waals surface area (Å²) in [4.78, 5) is 14.2. The lowest BCUT2D eigenvalue weighted by molar-refractivity contribution is 0.00578. The number of rotatable bonds is 4. The molecule has 0 spiro atoms. The van der Waals surface area contributed by atoms with Gasteiger partial charge in [-0.15, -0.1) is 0 Å². The van der Waals surface area contributed by atoms with E-state index in [0.29, 0.717) is 24.1 Å². The van der Waals surface area contributed by atoms with Gasteiger partial charge < -0.3 is 14.2 Å². The van der Waals surface area contributed by atoms with E-state index in [-0.39, 0.29) is 11.5 Å². The monoisotopic (exact) mass is 335 g/mol. The lowest BCUT2D eigenvalue weighted by atomic mass is 9.75. The number of nitrogens with zero attached hydrogens (tertiary/aromatic N) is 1. The van der Waals surface area contributed by atoms with Gasteiger partial charge in [0.1, 0.15) is 5.82 Å². The van der Waals surface area contributed by atoms with Crippen LogP contribution in [0.4, 0.5) is 4.39 Å². The average molecular weight is 335 g/mol. The average Bonchev–Trinajstić information content (AvgIpc) is 2.68. The van der Waals surface area contributed by atoms with Crippen LogP contribution in [0.15, 0.2) is 12.1 Å². The first-order valence-electron chi connectivity index (χ1n) is 8.49. The van der Waals surface area contributed by atoms with E-state index in [4.69, 9.17) is 9.31 Å². The van der Waals surface area contributed by atoms with E-state index in [1.165, 1.54) is 6.07 Å². The van der Waals surface area contributed by atoms with E-state index >= 15 is 0 Å². The van der Waals surface area contributed by atoms with Crippen LogP contribution in [0.5, 0.6) is 0 Å². The zero-order valence-electron chi connectivity index (χ0n) is 15.7. The quantitative estimate of drug-likeness (QED) is 0.794. The van der Waals surface area contributed by atoms with Gasteiger partial charge in [0.15, 0.2) is 0 Å². The normalized spacial score (nSPS) is 18.8. The highest BCUT2D eigenvalue weighted by molar-refractivity contribution is 6.62. The Morgan fingerprint density at radius 2 is 1.62 bits per heavy atom. The van der Waals surface area contributed by atoms with E-state index < -0.39 is 24.1 Å². The minimum Gasteiger partial charge on any atom is -0.399 e. The van der Waals surface area contributed by atoms with Gasteiger partial charge in [0, 0.05) is 13.1 Å². The molecule has 1 aromatic carbocycles. The first kappa shape index (κ1) is 18.9. The molecule has 132 valence electrons. The molecule has 0 unspecified atom stereocenters. The molecule has 24 heavy (non-hydrogen) atoms. The number of amides is 1. The van der Waals surface area contributed by atoms with Crippen molar-refractivity contribution in [3.8, 4) is 0 Å². The van der Waals surface area contributed by atoms with Crippen molar-refractivity contribution in [1.29, 1.82) is 0 Å². The molecular formula is C18H27BFNO3. The van der Waals surface area contributed by atoms with Crippen molar-refractivity contribution < 1.29 is 18.5 Å². The number of hydrogen-bond acceptors (Lipinski definition) is 3. The minimum absolute atomic E-state index is 0.0639. The van der Waals surface area contributed by atoms with Crippen LogP contribution in [0.1, 0.15) is 57.5 Å². The molecule has 1 aliphatic heterocycles. The highest BCUT2D eigenvalue weighted by Gasteiger charge is 2.52. The van der Waals surface area contributed by atoms with E-state index in [2.05, 4.69) is 0 Å². The molecule has 1 heterocycles. The van der Waals surface area contributed by atoms with E-state index in [1.54, 1.807) is 17.9 Å². The maximum atomic E-state index is 14.4. The van der Waals surface area contributed by atoms with Crippen LogP contribution in [0, 0.1) is 12.7 Å². The smallest absolute Gasteiger partial charge is 0.399 e. The second-order valence-electron chi connectivity index (χ2n) is 7.25. The van der Waals surface area contributed by atoms with Crippen LogP contribution in [0.2, 0.25) is 0 Å². The zero-order chi connectivity index (χ0) is 18.3. The Morgan fingerprint density at radius 3 is 2.08 bits per heavy atom. The van der Waals surface area contributed by atoms with Gasteiger partial charge in [-0.05, 0) is 71.6 Å². The van der Waals surface area contributed by atoms with Crippen LogP contribution in [-0.2, 0) is 9.31 Å². The summed E-state index contributed by atoms with van der Waals surface area (Å²) < 4.78 is 26.5. The molecule has 1 fully saturated rings. The molecule has 1 aliphatic rings. The van der Waals surface area contributed by atoms with Gasteiger partial charge in [0.25, 0.3) is 5.91 Å². The number of halogens is 1. The highest BCUT2D eigenvalue weighted by atomic mass is 19.1. The van der Waals surface area contributed by atoms with Crippen molar-refractivity contribution in [2.75, 3.05) is 13.1 Å². The molecule has 0 saturated carbocycles. The van der Waals surface area contributed by atoms with Gasteiger partial charge in [0.2, 0.25) is 0 Å². The summed E-state index contributed by atoms with van der Waals surface area (Å²) in [6, 6.07) is 2.96. The Kier molecular flexibility index (Phi) is 5.12. The number of carbonyl (C=O) groups is 1. The van der Waals surface area contributed by atoms with Crippen molar-refractivity contribution in [1.82, 2.24) is 4.90 Å². The van der Waals surface area contributed by atoms with Gasteiger partial charge in [0.05, 0.1) is 16.8 Å². The van der Waals surface area contributed by atoms with Crippen molar-refractivity contribution >= 4 is 18.5 Å². The molecule has 0 aliphatic carbocycles. The first-order valence-corrected chi connectivity index (χ1v) is 8.49. The van der Waals surface area contributed by atoms with E-state index in [9.17, 15) is 9.18 Å². The van der Waals surface area contributed by atoms with Crippen LogP contribution in [-0.4, -0.2) is 42.2 Å². The maximum Gasteiger partial charge on any atom is 0.495 e. The lowest BCUT2D eigenvalue weighted by Gasteiger charge is -2.32. The summed E-state index contributed by atoms with van der Waals surface area (Å²) in [5.41, 5.74) is 0.505. The predicted molar refractivity (Wildman–Crippen MR) is 94.1 cm³/mol. The molecule has 1 aromatic rings. The third kappa shape index (κ3) is 3.22. The molecule has 4 nitrogen and oxygen atoms in total. The third-order valence-electron chi connectivity index (χ3n) is 5.14. The molecular weight excluding hydrogens is 308 g/mol. The molecule has 0 bridgehead atoms. The predicted octanol–water partition coefficient (Wildman–Crippen LogP) is 2.92. The Morgan fingerprint density at radius 1 is 1.12 bits per heavy atom. The van der Waals surface area contributed by atoms with Crippen molar-refractivity contribution in [2.24, 2.45) is 0 Å². The summed E-state index contributed by atoms with van der Waals surface area (Å²) in [6.07, 6.45) is 0. The first-order chi connectivity index (χ1) is 11.0. The summed E-state index contributed by atoms with van der Waals surface area (Å²) in [6.45, 7) is 14.5. The molecule has 6 heteroatoms. The Hall–Kier alpha value is -1.40. The fraction of sp³-hybridized carbons (Fsp3) is 0.611. The fourth-order valence-corrected chi connectivity index (χ4v) is 2.76. The minimum atomic E-state index is -0.612. The van der Waals surface area contributed by atoms with Gasteiger partial charge in [-0.3, -0.25) is 4.79 Å². The second-order valence-corrected chi connectivity index (χ2v) is 7.25. The van der Waals surface area contributed by atoms with Gasteiger partial charge in [-0.2, -0.15) is 0 Å². The SMILES string of the molecule is CCN(CC)C(=O)c1cc(B2OC(C)(C)C(C)(C)O2)c(C)cc1F. The van der Waals surface area contributed by atoms with Gasteiger partial charge in [-0.1, -0.05) is 0 Å². The van der Waals surface area contributed by atoms with Gasteiger partial charge >= 0.3 is 7.12 Å². The lowest BCUT2D eigenvalue weighted by Crippen LogP contribution is -2.41. The zero-order valence-corrected chi connectivity index (χ0v) is 15.7. The van der Waals surface area contributed by atoms with Crippen LogP contribution >= 0.6 is 0 Å². The third-order valence-corrected chi connectivity index (χ3v) is 5.14.